The average molecular weight is 472 g/mol. The first-order chi connectivity index (χ1) is 17.8. The number of rotatable bonds is 8. The first-order valence-electron chi connectivity index (χ1n) is 12.1. The predicted octanol–water partition coefficient (Wildman–Crippen LogP) is 9.13. The Kier molecular flexibility index (Phi) is 5.84. The van der Waals surface area contributed by atoms with E-state index < -0.39 is 0 Å². The van der Waals surface area contributed by atoms with Gasteiger partial charge in [-0.25, -0.2) is 0 Å². The summed E-state index contributed by atoms with van der Waals surface area (Å²) in [5.41, 5.74) is 2.74. The fourth-order valence-electron chi connectivity index (χ4n) is 4.25. The molecule has 36 heavy (non-hydrogen) atoms. The van der Waals surface area contributed by atoms with Crippen LogP contribution in [0.1, 0.15) is 30.0 Å². The van der Waals surface area contributed by atoms with E-state index in [-0.39, 0.29) is 0 Å². The van der Waals surface area contributed by atoms with E-state index in [9.17, 15) is 0 Å². The van der Waals surface area contributed by atoms with Crippen LogP contribution in [-0.4, -0.2) is 4.98 Å². The van der Waals surface area contributed by atoms with Crippen LogP contribution in [0, 0.1) is 0 Å². The summed E-state index contributed by atoms with van der Waals surface area (Å²) >= 11 is 0. The van der Waals surface area contributed by atoms with Crippen LogP contribution in [0.4, 0.5) is 0 Å². The molecule has 1 aromatic heterocycles. The minimum atomic E-state index is 0.416. The maximum absolute atomic E-state index is 6.49. The molecule has 0 aliphatic heterocycles. The van der Waals surface area contributed by atoms with Crippen molar-refractivity contribution < 1.29 is 14.2 Å². The van der Waals surface area contributed by atoms with Gasteiger partial charge in [0.2, 0.25) is 0 Å². The number of hydrogen-bond acceptors (Lipinski definition) is 4. The first kappa shape index (κ1) is 21.9. The largest absolute Gasteiger partial charge is 0.456 e. The number of para-hydroxylation sites is 3. The fraction of sp³-hybridized carbons (Fsp3) is 0.0938. The monoisotopic (exact) mass is 471 g/mol. The average Bonchev–Trinajstić information content (AvgIpc) is 3.76. The molecule has 0 N–H and O–H groups in total. The Balaban J connectivity index is 1.55. The molecular weight excluding hydrogens is 446 g/mol. The molecule has 1 saturated carbocycles. The zero-order chi connectivity index (χ0) is 24.3. The van der Waals surface area contributed by atoms with Gasteiger partial charge in [-0.05, 0) is 55.3 Å². The van der Waals surface area contributed by atoms with Crippen molar-refractivity contribution in [3.8, 4) is 34.5 Å². The molecule has 4 nitrogen and oxygen atoms in total. The summed E-state index contributed by atoms with van der Waals surface area (Å²) in [6.07, 6.45) is 4.09. The van der Waals surface area contributed by atoms with Crippen molar-refractivity contribution in [3.63, 3.8) is 0 Å². The lowest BCUT2D eigenvalue weighted by Crippen LogP contribution is -2.00. The van der Waals surface area contributed by atoms with Crippen LogP contribution >= 0.6 is 0 Å². The minimum Gasteiger partial charge on any atom is -0.456 e. The molecule has 0 radical (unpaired) electrons. The van der Waals surface area contributed by atoms with E-state index in [0.717, 1.165) is 52.3 Å². The number of benzene rings is 4. The van der Waals surface area contributed by atoms with E-state index in [1.54, 1.807) is 0 Å². The van der Waals surface area contributed by atoms with Gasteiger partial charge >= 0.3 is 0 Å². The molecule has 0 atom stereocenters. The number of hydrogen-bond donors (Lipinski definition) is 0. The Morgan fingerprint density at radius 3 is 1.67 bits per heavy atom. The van der Waals surface area contributed by atoms with Crippen LogP contribution in [0.15, 0.2) is 110 Å². The maximum atomic E-state index is 6.49. The lowest BCUT2D eigenvalue weighted by atomic mass is 10.0. The molecule has 0 amide bonds. The number of ether oxygens (including phenoxy) is 3. The fourth-order valence-corrected chi connectivity index (χ4v) is 4.25. The summed E-state index contributed by atoms with van der Waals surface area (Å²) in [6.45, 7) is 4.10. The molecule has 6 rings (SSSR count). The van der Waals surface area contributed by atoms with E-state index in [2.05, 4.69) is 6.58 Å². The maximum Gasteiger partial charge on any atom is 0.172 e. The highest BCUT2D eigenvalue weighted by Crippen LogP contribution is 2.48. The highest BCUT2D eigenvalue weighted by atomic mass is 16.5. The molecule has 176 valence electrons. The summed E-state index contributed by atoms with van der Waals surface area (Å²) in [4.78, 5) is 5.07. The standard InChI is InChI=1S/C32H25NO3/c1-2-26-31(22-18-19-22)33-28-21-30(35-24-14-8-4-9-15-24)29(34-23-12-6-3-7-13-23)20-27(28)32(26)36-25-16-10-5-11-17-25/h2-17,20-22H,1,18-19H2. The Morgan fingerprint density at radius 2 is 1.17 bits per heavy atom. The van der Waals surface area contributed by atoms with Crippen molar-refractivity contribution >= 4 is 17.0 Å². The third-order valence-electron chi connectivity index (χ3n) is 6.14. The molecule has 5 aromatic rings. The summed E-state index contributed by atoms with van der Waals surface area (Å²) in [5.74, 6) is 4.50. The molecule has 1 fully saturated rings. The molecule has 4 aromatic carbocycles. The summed E-state index contributed by atoms with van der Waals surface area (Å²) in [7, 11) is 0. The van der Waals surface area contributed by atoms with Gasteiger partial charge in [-0.15, -0.1) is 0 Å². The van der Waals surface area contributed by atoms with Crippen molar-refractivity contribution in [2.75, 3.05) is 0 Å². The van der Waals surface area contributed by atoms with Crippen LogP contribution in [0.25, 0.3) is 17.0 Å². The topological polar surface area (TPSA) is 40.6 Å². The van der Waals surface area contributed by atoms with Gasteiger partial charge in [0.1, 0.15) is 23.0 Å². The van der Waals surface area contributed by atoms with Crippen LogP contribution in [0.3, 0.4) is 0 Å². The Bertz CT molecular complexity index is 1510. The van der Waals surface area contributed by atoms with E-state index in [4.69, 9.17) is 19.2 Å². The SMILES string of the molecule is C=Cc1c(C2CC2)nc2cc(Oc3ccccc3)c(Oc3ccccc3)cc2c1Oc1ccccc1. The molecule has 1 heterocycles. The molecule has 0 unspecified atom stereocenters. The van der Waals surface area contributed by atoms with Gasteiger partial charge < -0.3 is 14.2 Å². The quantitative estimate of drug-likeness (QED) is 0.226. The van der Waals surface area contributed by atoms with Gasteiger partial charge in [0.05, 0.1) is 11.2 Å². The van der Waals surface area contributed by atoms with E-state index in [1.165, 1.54) is 0 Å². The van der Waals surface area contributed by atoms with E-state index in [1.807, 2.05) is 109 Å². The normalized spacial score (nSPS) is 12.8. The Hall–Kier alpha value is -4.57. The number of aromatic nitrogens is 1. The first-order valence-corrected chi connectivity index (χ1v) is 12.1. The Labute approximate surface area is 210 Å². The van der Waals surface area contributed by atoms with Crippen LogP contribution in [0.5, 0.6) is 34.5 Å². The van der Waals surface area contributed by atoms with E-state index in [0.29, 0.717) is 23.2 Å². The summed E-state index contributed by atoms with van der Waals surface area (Å²) < 4.78 is 19.1. The molecule has 0 spiro atoms. The van der Waals surface area contributed by atoms with Crippen molar-refractivity contribution in [2.45, 2.75) is 18.8 Å². The van der Waals surface area contributed by atoms with Gasteiger partial charge in [0.25, 0.3) is 0 Å². The molecule has 1 aliphatic carbocycles. The molecule has 1 aliphatic rings. The third-order valence-corrected chi connectivity index (χ3v) is 6.14. The van der Waals surface area contributed by atoms with Crippen molar-refractivity contribution in [3.05, 3.63) is 121 Å². The highest BCUT2D eigenvalue weighted by Gasteiger charge is 2.30. The van der Waals surface area contributed by atoms with Crippen molar-refractivity contribution in [1.82, 2.24) is 4.98 Å². The van der Waals surface area contributed by atoms with Crippen molar-refractivity contribution in [1.29, 1.82) is 0 Å². The molecule has 0 bridgehead atoms. The van der Waals surface area contributed by atoms with Gasteiger partial charge in [-0.3, -0.25) is 4.98 Å². The van der Waals surface area contributed by atoms with Gasteiger partial charge in [-0.1, -0.05) is 67.3 Å². The van der Waals surface area contributed by atoms with Crippen LogP contribution in [-0.2, 0) is 0 Å². The summed E-state index contributed by atoms with van der Waals surface area (Å²) in [5, 5.41) is 0.837. The van der Waals surface area contributed by atoms with Crippen LogP contribution in [0.2, 0.25) is 0 Å². The third kappa shape index (κ3) is 4.53. The number of pyridine rings is 1. The number of nitrogens with zero attached hydrogens (tertiary/aromatic N) is 1. The second-order valence-electron chi connectivity index (χ2n) is 8.78. The molecule has 4 heteroatoms. The second-order valence-corrected chi connectivity index (χ2v) is 8.78. The van der Waals surface area contributed by atoms with Crippen LogP contribution < -0.4 is 14.2 Å². The predicted molar refractivity (Wildman–Crippen MR) is 143 cm³/mol. The number of fused-ring (bicyclic) bond motifs is 1. The van der Waals surface area contributed by atoms with E-state index >= 15 is 0 Å². The zero-order valence-corrected chi connectivity index (χ0v) is 19.8. The Morgan fingerprint density at radius 1 is 0.667 bits per heavy atom. The van der Waals surface area contributed by atoms with Crippen molar-refractivity contribution in [2.24, 2.45) is 0 Å². The summed E-state index contributed by atoms with van der Waals surface area (Å²) in [6, 6.07) is 33.1. The van der Waals surface area contributed by atoms with Gasteiger partial charge in [0.15, 0.2) is 11.5 Å². The molecule has 0 saturated heterocycles. The van der Waals surface area contributed by atoms with Gasteiger partial charge in [0, 0.05) is 22.9 Å². The lowest BCUT2D eigenvalue weighted by molar-refractivity contribution is 0.419. The second kappa shape index (κ2) is 9.59. The minimum absolute atomic E-state index is 0.416. The lowest BCUT2D eigenvalue weighted by Gasteiger charge is -2.18. The smallest absolute Gasteiger partial charge is 0.172 e. The van der Waals surface area contributed by atoms with Gasteiger partial charge in [-0.2, -0.15) is 0 Å². The zero-order valence-electron chi connectivity index (χ0n) is 19.8. The highest BCUT2D eigenvalue weighted by molar-refractivity contribution is 5.92. The molecular formula is C32H25NO3.